The summed E-state index contributed by atoms with van der Waals surface area (Å²) in [6.07, 6.45) is 1.28. The molecule has 0 aliphatic carbocycles. The lowest BCUT2D eigenvalue weighted by Crippen LogP contribution is -2.30. The smallest absolute Gasteiger partial charge is 0.336 e. The van der Waals surface area contributed by atoms with E-state index < -0.39 is 5.97 Å². The van der Waals surface area contributed by atoms with E-state index in [2.05, 4.69) is 0 Å². The lowest BCUT2D eigenvalue weighted by molar-refractivity contribution is -0.130. The van der Waals surface area contributed by atoms with Crippen LogP contribution in [0.2, 0.25) is 0 Å². The van der Waals surface area contributed by atoms with Gasteiger partial charge in [0.15, 0.2) is 0 Å². The molecule has 20 heavy (non-hydrogen) atoms. The van der Waals surface area contributed by atoms with Gasteiger partial charge in [-0.05, 0) is 38.2 Å². The molecule has 0 bridgehead atoms. The summed E-state index contributed by atoms with van der Waals surface area (Å²) in [6.45, 7) is 5.42. The van der Waals surface area contributed by atoms with Crippen molar-refractivity contribution in [3.63, 3.8) is 0 Å². The van der Waals surface area contributed by atoms with Gasteiger partial charge in [-0.1, -0.05) is 12.1 Å². The molecule has 0 saturated carbocycles. The maximum atomic E-state index is 11.8. The average Bonchev–Trinajstić information content (AvgIpc) is 2.45. The van der Waals surface area contributed by atoms with Gasteiger partial charge in [-0.25, -0.2) is 4.79 Å². The molecule has 0 spiro atoms. The van der Waals surface area contributed by atoms with Crippen molar-refractivity contribution in [2.45, 2.75) is 31.6 Å². The molecular formula is C15H21NO3S. The number of carboxylic acid groups (broad SMARTS) is 1. The minimum atomic E-state index is -0.910. The van der Waals surface area contributed by atoms with Crippen molar-refractivity contribution < 1.29 is 14.7 Å². The number of carboxylic acids is 1. The van der Waals surface area contributed by atoms with Crippen LogP contribution >= 0.6 is 11.8 Å². The second-order valence-electron chi connectivity index (χ2n) is 4.32. The Labute approximate surface area is 124 Å². The second kappa shape index (κ2) is 8.64. The van der Waals surface area contributed by atoms with Crippen molar-refractivity contribution in [3.8, 4) is 0 Å². The minimum absolute atomic E-state index is 0.169. The van der Waals surface area contributed by atoms with Crippen molar-refractivity contribution >= 4 is 23.6 Å². The van der Waals surface area contributed by atoms with Gasteiger partial charge >= 0.3 is 5.97 Å². The number of rotatable bonds is 8. The van der Waals surface area contributed by atoms with Gasteiger partial charge in [-0.3, -0.25) is 4.79 Å². The van der Waals surface area contributed by atoms with Crippen molar-refractivity contribution in [2.24, 2.45) is 0 Å². The number of thioether (sulfide) groups is 1. The summed E-state index contributed by atoms with van der Waals surface area (Å²) in [5.41, 5.74) is 0.326. The van der Waals surface area contributed by atoms with Gasteiger partial charge in [0.25, 0.3) is 0 Å². The molecule has 0 saturated heterocycles. The number of aromatic carboxylic acids is 1. The molecule has 1 rings (SSSR count). The Morgan fingerprint density at radius 1 is 1.20 bits per heavy atom. The maximum Gasteiger partial charge on any atom is 0.336 e. The predicted octanol–water partition coefficient (Wildman–Crippen LogP) is 3.13. The van der Waals surface area contributed by atoms with Gasteiger partial charge in [-0.2, -0.15) is 0 Å². The molecule has 0 heterocycles. The Balaban J connectivity index is 2.42. The highest BCUT2D eigenvalue weighted by atomic mass is 32.2. The van der Waals surface area contributed by atoms with Crippen molar-refractivity contribution in [3.05, 3.63) is 29.8 Å². The van der Waals surface area contributed by atoms with Crippen LogP contribution in [0.4, 0.5) is 0 Å². The van der Waals surface area contributed by atoms with Crippen LogP contribution in [0.15, 0.2) is 29.2 Å². The SMILES string of the molecule is CCN(CC)C(=O)CCCSc1ccccc1C(=O)O. The summed E-state index contributed by atoms with van der Waals surface area (Å²) in [5, 5.41) is 9.07. The number of amides is 1. The highest BCUT2D eigenvalue weighted by molar-refractivity contribution is 7.99. The van der Waals surface area contributed by atoms with Crippen LogP contribution in [-0.4, -0.2) is 40.7 Å². The van der Waals surface area contributed by atoms with Crippen molar-refractivity contribution in [2.75, 3.05) is 18.8 Å². The van der Waals surface area contributed by atoms with E-state index >= 15 is 0 Å². The van der Waals surface area contributed by atoms with Crippen LogP contribution in [0.25, 0.3) is 0 Å². The molecule has 1 aromatic carbocycles. The molecule has 1 amide bonds. The molecule has 0 unspecified atom stereocenters. The first-order valence-electron chi connectivity index (χ1n) is 6.83. The molecule has 0 aliphatic heterocycles. The molecule has 110 valence electrons. The predicted molar refractivity (Wildman–Crippen MR) is 81.3 cm³/mol. The molecule has 0 aromatic heterocycles. The molecule has 5 heteroatoms. The zero-order valence-electron chi connectivity index (χ0n) is 12.0. The summed E-state index contributed by atoms with van der Waals surface area (Å²) in [5.74, 6) is 0.00606. The van der Waals surface area contributed by atoms with Crippen molar-refractivity contribution in [1.82, 2.24) is 4.90 Å². The van der Waals surface area contributed by atoms with Gasteiger partial charge in [-0.15, -0.1) is 11.8 Å². The van der Waals surface area contributed by atoms with Crippen LogP contribution in [0.3, 0.4) is 0 Å². The Morgan fingerprint density at radius 3 is 2.45 bits per heavy atom. The highest BCUT2D eigenvalue weighted by Crippen LogP contribution is 2.23. The minimum Gasteiger partial charge on any atom is -0.478 e. The number of nitrogens with zero attached hydrogens (tertiary/aromatic N) is 1. The van der Waals surface area contributed by atoms with Crippen LogP contribution in [0, 0.1) is 0 Å². The molecule has 0 fully saturated rings. The van der Waals surface area contributed by atoms with Gasteiger partial charge in [0.2, 0.25) is 5.91 Å². The third-order valence-electron chi connectivity index (χ3n) is 3.03. The topological polar surface area (TPSA) is 57.6 Å². The fourth-order valence-electron chi connectivity index (χ4n) is 1.91. The van der Waals surface area contributed by atoms with E-state index in [1.807, 2.05) is 24.8 Å². The number of hydrogen-bond acceptors (Lipinski definition) is 3. The quantitative estimate of drug-likeness (QED) is 0.591. The fourth-order valence-corrected chi connectivity index (χ4v) is 2.90. The first-order valence-corrected chi connectivity index (χ1v) is 7.81. The van der Waals surface area contributed by atoms with Gasteiger partial charge in [0, 0.05) is 24.4 Å². The van der Waals surface area contributed by atoms with E-state index in [0.29, 0.717) is 12.0 Å². The molecule has 1 aromatic rings. The third kappa shape index (κ3) is 4.89. The summed E-state index contributed by atoms with van der Waals surface area (Å²) in [6, 6.07) is 6.96. The monoisotopic (exact) mass is 295 g/mol. The molecule has 0 atom stereocenters. The summed E-state index contributed by atoms with van der Waals surface area (Å²) < 4.78 is 0. The number of hydrogen-bond donors (Lipinski definition) is 1. The number of carbonyl (C=O) groups excluding carboxylic acids is 1. The fraction of sp³-hybridized carbons (Fsp3) is 0.467. The van der Waals surface area contributed by atoms with Gasteiger partial charge in [0.1, 0.15) is 0 Å². The maximum absolute atomic E-state index is 11.8. The Morgan fingerprint density at radius 2 is 1.85 bits per heavy atom. The van der Waals surface area contributed by atoms with Gasteiger partial charge < -0.3 is 10.0 Å². The zero-order chi connectivity index (χ0) is 15.0. The highest BCUT2D eigenvalue weighted by Gasteiger charge is 2.11. The Kier molecular flexibility index (Phi) is 7.15. The van der Waals surface area contributed by atoms with Crippen LogP contribution in [-0.2, 0) is 4.79 Å². The Bertz CT molecular complexity index is 458. The molecule has 0 aliphatic rings. The van der Waals surface area contributed by atoms with E-state index in [4.69, 9.17) is 5.11 Å². The zero-order valence-corrected chi connectivity index (χ0v) is 12.8. The Hall–Kier alpha value is -1.49. The molecule has 4 nitrogen and oxygen atoms in total. The van der Waals surface area contributed by atoms with E-state index in [9.17, 15) is 9.59 Å². The second-order valence-corrected chi connectivity index (χ2v) is 5.46. The summed E-state index contributed by atoms with van der Waals surface area (Å²) in [7, 11) is 0. The number of carbonyl (C=O) groups is 2. The number of benzene rings is 1. The van der Waals surface area contributed by atoms with E-state index in [-0.39, 0.29) is 5.91 Å². The third-order valence-corrected chi connectivity index (χ3v) is 4.19. The lowest BCUT2D eigenvalue weighted by Gasteiger charge is -2.18. The van der Waals surface area contributed by atoms with Gasteiger partial charge in [0.05, 0.1) is 5.56 Å². The van der Waals surface area contributed by atoms with Crippen LogP contribution in [0.5, 0.6) is 0 Å². The molecular weight excluding hydrogens is 274 g/mol. The van der Waals surface area contributed by atoms with E-state index in [1.165, 1.54) is 11.8 Å². The first-order chi connectivity index (χ1) is 9.60. The normalized spacial score (nSPS) is 10.3. The molecule has 1 N–H and O–H groups in total. The summed E-state index contributed by atoms with van der Waals surface area (Å²) >= 11 is 1.49. The van der Waals surface area contributed by atoms with Crippen LogP contribution in [0.1, 0.15) is 37.0 Å². The van der Waals surface area contributed by atoms with E-state index in [1.54, 1.807) is 18.2 Å². The first kappa shape index (κ1) is 16.6. The summed E-state index contributed by atoms with van der Waals surface area (Å²) in [4.78, 5) is 25.4. The lowest BCUT2D eigenvalue weighted by atomic mass is 10.2. The standard InChI is InChI=1S/C15H21NO3S/c1-3-16(4-2)14(17)10-7-11-20-13-9-6-5-8-12(13)15(18)19/h5-6,8-9H,3-4,7,10-11H2,1-2H3,(H,18,19). The van der Waals surface area contributed by atoms with E-state index in [0.717, 1.165) is 30.2 Å². The largest absolute Gasteiger partial charge is 0.478 e. The van der Waals surface area contributed by atoms with Crippen LogP contribution < -0.4 is 0 Å². The molecule has 0 radical (unpaired) electrons. The van der Waals surface area contributed by atoms with Crippen molar-refractivity contribution in [1.29, 1.82) is 0 Å². The average molecular weight is 295 g/mol.